The molecular formula is C18H20N6O4. The number of aromatic amines is 1. The number of anilines is 1. The third kappa shape index (κ3) is 4.00. The Morgan fingerprint density at radius 1 is 1.21 bits per heavy atom. The largest absolute Gasteiger partial charge is 0.459 e. The Hall–Kier alpha value is -3.69. The minimum Gasteiger partial charge on any atom is -0.459 e. The number of H-pyrrole nitrogens is 1. The van der Waals surface area contributed by atoms with Gasteiger partial charge in [0.2, 0.25) is 5.82 Å². The first kappa shape index (κ1) is 19.1. The zero-order chi connectivity index (χ0) is 20.3. The van der Waals surface area contributed by atoms with E-state index in [2.05, 4.69) is 31.0 Å². The van der Waals surface area contributed by atoms with Crippen molar-refractivity contribution in [1.29, 1.82) is 0 Å². The summed E-state index contributed by atoms with van der Waals surface area (Å²) in [6.45, 7) is 6.89. The van der Waals surface area contributed by atoms with E-state index in [0.717, 1.165) is 5.56 Å². The summed E-state index contributed by atoms with van der Waals surface area (Å²) in [5.41, 5.74) is 7.36. The van der Waals surface area contributed by atoms with Gasteiger partial charge in [-0.25, -0.2) is 10.2 Å². The molecule has 1 amide bonds. The Morgan fingerprint density at radius 3 is 2.61 bits per heavy atom. The molecule has 10 nitrogen and oxygen atoms in total. The summed E-state index contributed by atoms with van der Waals surface area (Å²) in [6, 6.07) is 3.48. The molecule has 0 aromatic carbocycles. The zero-order valence-electron chi connectivity index (χ0n) is 15.9. The van der Waals surface area contributed by atoms with Crippen LogP contribution in [0.5, 0.6) is 0 Å². The number of amides is 1. The number of hydrazine groups is 1. The maximum Gasteiger partial charge on any atom is 0.340 e. The van der Waals surface area contributed by atoms with Crippen molar-refractivity contribution in [2.24, 2.45) is 0 Å². The molecule has 10 heteroatoms. The Labute approximate surface area is 160 Å². The average molecular weight is 384 g/mol. The van der Waals surface area contributed by atoms with Gasteiger partial charge < -0.3 is 14.2 Å². The summed E-state index contributed by atoms with van der Waals surface area (Å²) < 4.78 is 10.3. The van der Waals surface area contributed by atoms with Crippen LogP contribution in [0.15, 0.2) is 29.0 Å². The lowest BCUT2D eigenvalue weighted by Crippen LogP contribution is -2.30. The first-order valence-electron chi connectivity index (χ1n) is 8.57. The highest BCUT2D eigenvalue weighted by Crippen LogP contribution is 2.20. The molecule has 0 spiro atoms. The van der Waals surface area contributed by atoms with Gasteiger partial charge in [0.05, 0.1) is 11.7 Å². The molecule has 0 saturated heterocycles. The van der Waals surface area contributed by atoms with Crippen molar-refractivity contribution >= 4 is 17.9 Å². The lowest BCUT2D eigenvalue weighted by Gasteiger charge is -2.08. The number of nitrogens with one attached hydrogen (secondary N) is 3. The molecule has 0 aliphatic heterocycles. The Morgan fingerprint density at radius 2 is 1.93 bits per heavy atom. The van der Waals surface area contributed by atoms with Crippen LogP contribution in [0.2, 0.25) is 0 Å². The fraction of sp³-hybridized carbons (Fsp3) is 0.278. The highest BCUT2D eigenvalue weighted by molar-refractivity contribution is 6.00. The van der Waals surface area contributed by atoms with E-state index in [0.29, 0.717) is 22.6 Å². The summed E-state index contributed by atoms with van der Waals surface area (Å²) in [5, 5.41) is 3.83. The van der Waals surface area contributed by atoms with Crippen LogP contribution in [0.4, 0.5) is 6.01 Å². The SMILES string of the molecule is Cc1[nH]c(C(=O)NNc2nc(-c3ccncc3)no2)c(C)c1C(=O)OC(C)C. The van der Waals surface area contributed by atoms with Crippen LogP contribution in [0, 0.1) is 13.8 Å². The van der Waals surface area contributed by atoms with Gasteiger partial charge >= 0.3 is 12.0 Å². The summed E-state index contributed by atoms with van der Waals surface area (Å²) in [6.07, 6.45) is 2.96. The van der Waals surface area contributed by atoms with Gasteiger partial charge in [-0.1, -0.05) is 5.16 Å². The molecule has 0 aliphatic carbocycles. The van der Waals surface area contributed by atoms with Crippen LogP contribution in [0.3, 0.4) is 0 Å². The standard InChI is InChI=1S/C18H20N6O4/c1-9(2)27-17(26)13-10(3)14(20-11(13)4)16(25)22-23-18-21-15(24-28-18)12-5-7-19-8-6-12/h5-9,20H,1-4H3,(H,22,25)(H,21,23,24). The lowest BCUT2D eigenvalue weighted by molar-refractivity contribution is 0.0376. The van der Waals surface area contributed by atoms with Gasteiger partial charge in [0.1, 0.15) is 5.69 Å². The van der Waals surface area contributed by atoms with E-state index in [1.807, 2.05) is 0 Å². The van der Waals surface area contributed by atoms with E-state index in [-0.39, 0.29) is 17.8 Å². The first-order valence-corrected chi connectivity index (χ1v) is 8.57. The molecule has 28 heavy (non-hydrogen) atoms. The van der Waals surface area contributed by atoms with E-state index >= 15 is 0 Å². The van der Waals surface area contributed by atoms with Crippen molar-refractivity contribution in [2.45, 2.75) is 33.8 Å². The summed E-state index contributed by atoms with van der Waals surface area (Å²) in [7, 11) is 0. The number of hydrogen-bond acceptors (Lipinski definition) is 8. The molecule has 0 bridgehead atoms. The monoisotopic (exact) mass is 384 g/mol. The fourth-order valence-corrected chi connectivity index (χ4v) is 2.62. The molecule has 3 rings (SSSR count). The fourth-order valence-electron chi connectivity index (χ4n) is 2.62. The van der Waals surface area contributed by atoms with Crippen molar-refractivity contribution in [3.63, 3.8) is 0 Å². The summed E-state index contributed by atoms with van der Waals surface area (Å²) in [5.74, 6) is -0.621. The predicted octanol–water partition coefficient (Wildman–Crippen LogP) is 2.40. The van der Waals surface area contributed by atoms with Gasteiger partial charge in [-0.15, -0.1) is 0 Å². The molecule has 3 N–H and O–H groups in total. The maximum absolute atomic E-state index is 12.5. The average Bonchev–Trinajstić information content (AvgIpc) is 3.24. The Balaban J connectivity index is 1.69. The summed E-state index contributed by atoms with van der Waals surface area (Å²) >= 11 is 0. The number of ether oxygens (including phenoxy) is 1. The van der Waals surface area contributed by atoms with E-state index < -0.39 is 11.9 Å². The molecular weight excluding hydrogens is 364 g/mol. The van der Waals surface area contributed by atoms with Crippen LogP contribution < -0.4 is 10.9 Å². The van der Waals surface area contributed by atoms with Crippen LogP contribution in [0.25, 0.3) is 11.4 Å². The van der Waals surface area contributed by atoms with Crippen LogP contribution in [-0.2, 0) is 4.74 Å². The molecule has 3 heterocycles. The minimum absolute atomic E-state index is 0.0144. The third-order valence-electron chi connectivity index (χ3n) is 3.86. The van der Waals surface area contributed by atoms with Crippen molar-refractivity contribution in [1.82, 2.24) is 25.5 Å². The number of carbonyl (C=O) groups excluding carboxylic acids is 2. The molecule has 0 aliphatic rings. The number of esters is 1. The van der Waals surface area contributed by atoms with E-state index in [1.54, 1.807) is 52.2 Å². The number of pyridine rings is 1. The lowest BCUT2D eigenvalue weighted by atomic mass is 10.1. The van der Waals surface area contributed by atoms with E-state index in [4.69, 9.17) is 9.26 Å². The second-order valence-electron chi connectivity index (χ2n) is 6.32. The Bertz CT molecular complexity index is 993. The number of nitrogens with zero attached hydrogens (tertiary/aromatic N) is 3. The number of hydrogen-bond donors (Lipinski definition) is 3. The predicted molar refractivity (Wildman–Crippen MR) is 99.4 cm³/mol. The van der Waals surface area contributed by atoms with Crippen molar-refractivity contribution < 1.29 is 18.8 Å². The number of carbonyl (C=O) groups is 2. The van der Waals surface area contributed by atoms with Gasteiger partial charge in [0.15, 0.2) is 0 Å². The molecule has 3 aromatic rings. The van der Waals surface area contributed by atoms with Crippen LogP contribution in [0.1, 0.15) is 46.0 Å². The normalized spacial score (nSPS) is 10.8. The first-order chi connectivity index (χ1) is 13.4. The van der Waals surface area contributed by atoms with Gasteiger partial charge in [-0.3, -0.25) is 15.2 Å². The maximum atomic E-state index is 12.5. The molecule has 0 fully saturated rings. The number of aryl methyl sites for hydroxylation is 1. The van der Waals surface area contributed by atoms with Gasteiger partial charge in [0.25, 0.3) is 5.91 Å². The van der Waals surface area contributed by atoms with E-state index in [1.165, 1.54) is 0 Å². The molecule has 3 aromatic heterocycles. The topological polar surface area (TPSA) is 135 Å². The van der Waals surface area contributed by atoms with Gasteiger partial charge in [0, 0.05) is 23.7 Å². The van der Waals surface area contributed by atoms with E-state index in [9.17, 15) is 9.59 Å². The van der Waals surface area contributed by atoms with Crippen molar-refractivity contribution in [3.05, 3.63) is 47.0 Å². The van der Waals surface area contributed by atoms with Crippen molar-refractivity contribution in [3.8, 4) is 11.4 Å². The second kappa shape index (κ2) is 7.91. The molecule has 0 saturated carbocycles. The highest BCUT2D eigenvalue weighted by Gasteiger charge is 2.23. The quantitative estimate of drug-likeness (QED) is 0.435. The zero-order valence-corrected chi connectivity index (χ0v) is 15.9. The number of aromatic nitrogens is 4. The highest BCUT2D eigenvalue weighted by atomic mass is 16.5. The minimum atomic E-state index is -0.493. The Kier molecular flexibility index (Phi) is 5.39. The van der Waals surface area contributed by atoms with Gasteiger partial charge in [-0.05, 0) is 45.4 Å². The molecule has 0 unspecified atom stereocenters. The molecule has 146 valence electrons. The third-order valence-corrected chi connectivity index (χ3v) is 3.86. The van der Waals surface area contributed by atoms with Crippen LogP contribution >= 0.6 is 0 Å². The second-order valence-corrected chi connectivity index (χ2v) is 6.32. The number of rotatable bonds is 6. The smallest absolute Gasteiger partial charge is 0.340 e. The summed E-state index contributed by atoms with van der Waals surface area (Å²) in [4.78, 5) is 35.7. The van der Waals surface area contributed by atoms with Crippen LogP contribution in [-0.4, -0.2) is 38.1 Å². The molecule has 0 atom stereocenters. The van der Waals surface area contributed by atoms with Crippen molar-refractivity contribution in [2.75, 3.05) is 5.43 Å². The van der Waals surface area contributed by atoms with Gasteiger partial charge in [-0.2, -0.15) is 4.98 Å². The molecule has 0 radical (unpaired) electrons.